The summed E-state index contributed by atoms with van der Waals surface area (Å²) in [6.45, 7) is 2.54. The van der Waals surface area contributed by atoms with Gasteiger partial charge in [-0.15, -0.1) is 0 Å². The summed E-state index contributed by atoms with van der Waals surface area (Å²) in [5.41, 5.74) is 0.705. The lowest BCUT2D eigenvalue weighted by molar-refractivity contribution is 0.129. The number of benzene rings is 1. The van der Waals surface area contributed by atoms with Gasteiger partial charge in [-0.25, -0.2) is 19.4 Å². The highest BCUT2D eigenvalue weighted by molar-refractivity contribution is 6.68. The van der Waals surface area contributed by atoms with Crippen molar-refractivity contribution in [1.29, 1.82) is 0 Å². The lowest BCUT2D eigenvalue weighted by Crippen LogP contribution is -2.37. The molecule has 0 fully saturated rings. The summed E-state index contributed by atoms with van der Waals surface area (Å²) >= 11 is 6.36. The van der Waals surface area contributed by atoms with E-state index in [0.717, 1.165) is 19.3 Å². The van der Waals surface area contributed by atoms with Gasteiger partial charge in [-0.1, -0.05) is 50.6 Å². The topological polar surface area (TPSA) is 85.7 Å². The van der Waals surface area contributed by atoms with Crippen molar-refractivity contribution >= 4 is 56.8 Å². The van der Waals surface area contributed by atoms with Crippen LogP contribution in [-0.4, -0.2) is 40.7 Å². The minimum Gasteiger partial charge on any atom is -0.365 e. The molecule has 7 heteroatoms. The number of carbonyl (C=O) groups excluding carboxylic acids is 3. The van der Waals surface area contributed by atoms with E-state index < -0.39 is 6.10 Å². The third-order valence-electron chi connectivity index (χ3n) is 5.10. The van der Waals surface area contributed by atoms with Crippen LogP contribution in [0.3, 0.4) is 0 Å². The third kappa shape index (κ3) is 4.20. The van der Waals surface area contributed by atoms with Crippen molar-refractivity contribution in [3.8, 4) is 0 Å². The van der Waals surface area contributed by atoms with Crippen LogP contribution in [0.2, 0.25) is 0 Å². The van der Waals surface area contributed by atoms with Gasteiger partial charge >= 0.3 is 0 Å². The van der Waals surface area contributed by atoms with E-state index in [1.165, 1.54) is 25.5 Å². The number of halogens is 1. The smallest absolute Gasteiger partial charge is 0.146 e. The average Bonchev–Trinajstić information content (AvgIpc) is 2.77. The fourth-order valence-corrected chi connectivity index (χ4v) is 3.88. The lowest BCUT2D eigenvalue weighted by atomic mass is 9.93. The van der Waals surface area contributed by atoms with Gasteiger partial charge in [0.25, 0.3) is 0 Å². The Morgan fingerprint density at radius 1 is 1.03 bits per heavy atom. The predicted octanol–water partition coefficient (Wildman–Crippen LogP) is 2.48. The summed E-state index contributed by atoms with van der Waals surface area (Å²) in [4.78, 5) is 43.9. The number of aromatic nitrogens is 1. The zero-order chi connectivity index (χ0) is 21.5. The Bertz CT molecular complexity index is 1200. The Morgan fingerprint density at radius 3 is 2.47 bits per heavy atom. The van der Waals surface area contributed by atoms with Crippen LogP contribution in [0.1, 0.15) is 51.0 Å². The summed E-state index contributed by atoms with van der Waals surface area (Å²) < 4.78 is 5.84. The van der Waals surface area contributed by atoms with E-state index in [1.54, 1.807) is 24.0 Å². The van der Waals surface area contributed by atoms with Gasteiger partial charge < -0.3 is 4.74 Å². The number of fused-ring (bicyclic) bond motifs is 3. The van der Waals surface area contributed by atoms with Gasteiger partial charge in [0.2, 0.25) is 0 Å². The van der Waals surface area contributed by atoms with Crippen molar-refractivity contribution in [1.82, 2.24) is 4.98 Å². The minimum atomic E-state index is -0.958. The van der Waals surface area contributed by atoms with Crippen molar-refractivity contribution in [2.75, 3.05) is 6.61 Å². The van der Waals surface area contributed by atoms with E-state index >= 15 is 0 Å². The molecule has 6 nitrogen and oxygen atoms in total. The van der Waals surface area contributed by atoms with Crippen molar-refractivity contribution in [3.05, 3.63) is 34.3 Å². The summed E-state index contributed by atoms with van der Waals surface area (Å²) in [6, 6.07) is 3.25. The highest BCUT2D eigenvalue weighted by Gasteiger charge is 2.32. The zero-order valence-electron chi connectivity index (χ0n) is 16.7. The Balaban J connectivity index is 2.01. The van der Waals surface area contributed by atoms with Crippen molar-refractivity contribution < 1.29 is 19.1 Å². The Labute approximate surface area is 178 Å². The zero-order valence-corrected chi connectivity index (χ0v) is 17.4. The largest absolute Gasteiger partial charge is 0.365 e. The van der Waals surface area contributed by atoms with Crippen LogP contribution in [-0.2, 0) is 19.1 Å². The molecule has 0 bridgehead atoms. The molecule has 30 heavy (non-hydrogen) atoms. The molecule has 2 heterocycles. The maximum absolute atomic E-state index is 11.9. The van der Waals surface area contributed by atoms with Gasteiger partial charge in [-0.05, 0) is 18.6 Å². The molecule has 2 aromatic rings. The molecular weight excluding hydrogens is 404 g/mol. The molecule has 0 saturated carbocycles. The second-order valence-corrected chi connectivity index (χ2v) is 7.43. The highest BCUT2D eigenvalue weighted by Crippen LogP contribution is 2.36. The molecule has 1 atom stereocenters. The number of ether oxygens (including phenoxy) is 1. The SMILES string of the molecule is CCCCCCCCOC1C(=C=O)c2c(c3ncccc3c(=C=O)c2=C=O)N=C1Cl. The number of rotatable bonds is 8. The van der Waals surface area contributed by atoms with Crippen molar-refractivity contribution in [3.63, 3.8) is 0 Å². The third-order valence-corrected chi connectivity index (χ3v) is 5.38. The number of aliphatic imine (C=N–C) groups is 1. The first kappa shape index (κ1) is 21.9. The van der Waals surface area contributed by atoms with E-state index in [9.17, 15) is 14.4 Å². The van der Waals surface area contributed by atoms with Crippen LogP contribution in [0, 0.1) is 0 Å². The van der Waals surface area contributed by atoms with E-state index in [4.69, 9.17) is 16.3 Å². The van der Waals surface area contributed by atoms with Gasteiger partial charge in [-0.2, -0.15) is 0 Å². The van der Waals surface area contributed by atoms with Gasteiger partial charge in [0.05, 0.1) is 21.5 Å². The van der Waals surface area contributed by atoms with Gasteiger partial charge in [0.15, 0.2) is 0 Å². The Hall–Kier alpha value is -2.84. The summed E-state index contributed by atoms with van der Waals surface area (Å²) in [5, 5.41) is 0.301. The molecule has 0 N–H and O–H groups in total. The molecule has 1 aromatic carbocycles. The first-order valence-corrected chi connectivity index (χ1v) is 10.4. The molecule has 1 aliphatic rings. The van der Waals surface area contributed by atoms with Gasteiger partial charge in [0.1, 0.15) is 34.8 Å². The Morgan fingerprint density at radius 2 is 1.77 bits per heavy atom. The second-order valence-electron chi connectivity index (χ2n) is 7.05. The summed E-state index contributed by atoms with van der Waals surface area (Å²) in [7, 11) is 0. The van der Waals surface area contributed by atoms with Crippen LogP contribution in [0.4, 0.5) is 5.69 Å². The first-order valence-electron chi connectivity index (χ1n) is 9.99. The molecule has 1 aliphatic heterocycles. The van der Waals surface area contributed by atoms with Crippen LogP contribution >= 0.6 is 11.6 Å². The Kier molecular flexibility index (Phi) is 7.48. The molecule has 1 aromatic heterocycles. The molecule has 154 valence electrons. The molecule has 1 unspecified atom stereocenters. The molecule has 0 aliphatic carbocycles. The molecule has 0 saturated heterocycles. The van der Waals surface area contributed by atoms with Crippen LogP contribution in [0.5, 0.6) is 0 Å². The van der Waals surface area contributed by atoms with Crippen molar-refractivity contribution in [2.24, 2.45) is 4.99 Å². The first-order chi connectivity index (χ1) is 14.7. The standard InChI is InChI=1S/C23H21ClN2O4/c1-2-3-4-5-6-7-11-30-22-18(14-29)19-17(13-28)16(12-27)15-9-8-10-25-20(15)21(19)26-23(22)24/h8-10,22H,2-7,11H2,1H3. The monoisotopic (exact) mass is 424 g/mol. The quantitative estimate of drug-likeness (QED) is 0.480. The molecule has 3 rings (SSSR count). The molecule has 0 spiro atoms. The molecule has 0 amide bonds. The van der Waals surface area contributed by atoms with Crippen LogP contribution < -0.4 is 10.4 Å². The summed E-state index contributed by atoms with van der Waals surface area (Å²) in [5.74, 6) is 5.36. The normalized spacial score (nSPS) is 15.2. The average molecular weight is 425 g/mol. The van der Waals surface area contributed by atoms with Crippen LogP contribution in [0.25, 0.3) is 16.5 Å². The molecule has 0 radical (unpaired) electrons. The second kappa shape index (κ2) is 10.3. The van der Waals surface area contributed by atoms with Crippen molar-refractivity contribution in [2.45, 2.75) is 51.6 Å². The number of unbranched alkanes of at least 4 members (excludes halogenated alkanes) is 5. The minimum absolute atomic E-state index is 0.0124. The fraction of sp³-hybridized carbons (Fsp3) is 0.391. The predicted molar refractivity (Wildman–Crippen MR) is 116 cm³/mol. The van der Waals surface area contributed by atoms with E-state index in [-0.39, 0.29) is 32.4 Å². The van der Waals surface area contributed by atoms with E-state index in [0.29, 0.717) is 17.5 Å². The van der Waals surface area contributed by atoms with E-state index in [2.05, 4.69) is 16.9 Å². The number of hydrogen-bond donors (Lipinski definition) is 0. The highest BCUT2D eigenvalue weighted by atomic mass is 35.5. The lowest BCUT2D eigenvalue weighted by Gasteiger charge is -2.23. The maximum atomic E-state index is 11.9. The number of nitrogens with zero attached hydrogens (tertiary/aromatic N) is 2. The van der Waals surface area contributed by atoms with Gasteiger partial charge in [-0.3, -0.25) is 4.98 Å². The summed E-state index contributed by atoms with van der Waals surface area (Å²) in [6.07, 6.45) is 7.06. The van der Waals surface area contributed by atoms with Gasteiger partial charge in [0, 0.05) is 23.8 Å². The van der Waals surface area contributed by atoms with Crippen LogP contribution in [0.15, 0.2) is 23.3 Å². The van der Waals surface area contributed by atoms with E-state index in [1.807, 2.05) is 5.94 Å². The maximum Gasteiger partial charge on any atom is 0.146 e. The number of pyridine rings is 1. The number of hydrogen-bond acceptors (Lipinski definition) is 6. The molecular formula is C23H21ClN2O4. The fourth-order valence-electron chi connectivity index (χ4n) is 3.63.